The number of thiazole rings is 1. The molecule has 2 N–H and O–H groups in total. The number of aromatic nitrogens is 1. The monoisotopic (exact) mass is 293 g/mol. The zero-order valence-electron chi connectivity index (χ0n) is 12.9. The Morgan fingerprint density at radius 1 is 1.35 bits per heavy atom. The largest absolute Gasteiger partial charge is 0.351 e. The average Bonchev–Trinajstić information content (AvgIpc) is 3.12. The van der Waals surface area contributed by atoms with Gasteiger partial charge in [0.25, 0.3) is 0 Å². The lowest BCUT2D eigenvalue weighted by atomic mass is 9.88. The molecule has 0 amide bonds. The zero-order valence-corrected chi connectivity index (χ0v) is 13.7. The van der Waals surface area contributed by atoms with Crippen LogP contribution in [0.1, 0.15) is 56.0 Å². The van der Waals surface area contributed by atoms with Gasteiger partial charge in [0, 0.05) is 25.0 Å². The van der Waals surface area contributed by atoms with Gasteiger partial charge >= 0.3 is 0 Å². The summed E-state index contributed by atoms with van der Waals surface area (Å²) >= 11 is 1.79. The topological polar surface area (TPSA) is 42.2 Å². The van der Waals surface area contributed by atoms with E-state index in [9.17, 15) is 0 Å². The van der Waals surface area contributed by atoms with Crippen molar-refractivity contribution in [2.75, 3.05) is 18.5 Å². The number of hydrogen-bond acceptors (Lipinski definition) is 4. The fourth-order valence-electron chi connectivity index (χ4n) is 4.14. The number of hydrogen-bond donors (Lipinski definition) is 1. The molecule has 112 valence electrons. The first-order chi connectivity index (χ1) is 9.58. The summed E-state index contributed by atoms with van der Waals surface area (Å²) in [6.07, 6.45) is 5.88. The Morgan fingerprint density at radius 3 is 2.65 bits per heavy atom. The minimum atomic E-state index is 0.467. The Bertz CT molecular complexity index is 468. The third-order valence-electron chi connectivity index (χ3n) is 5.17. The van der Waals surface area contributed by atoms with Crippen LogP contribution in [0.4, 0.5) is 5.13 Å². The smallest absolute Gasteiger partial charge is 0.185 e. The number of nitrogens with two attached hydrogens (primary N) is 1. The predicted molar refractivity (Wildman–Crippen MR) is 86.3 cm³/mol. The first-order valence-electron chi connectivity index (χ1n) is 7.99. The van der Waals surface area contributed by atoms with Crippen molar-refractivity contribution in [3.05, 3.63) is 10.6 Å². The second-order valence-corrected chi connectivity index (χ2v) is 8.04. The van der Waals surface area contributed by atoms with E-state index >= 15 is 0 Å². The van der Waals surface area contributed by atoms with Gasteiger partial charge in [-0.15, -0.1) is 11.3 Å². The van der Waals surface area contributed by atoms with Crippen LogP contribution in [0.25, 0.3) is 0 Å². The molecular formula is C16H27N3S. The molecule has 1 heterocycles. The third-order valence-corrected chi connectivity index (χ3v) is 6.38. The van der Waals surface area contributed by atoms with E-state index in [1.165, 1.54) is 42.8 Å². The van der Waals surface area contributed by atoms with E-state index in [1.54, 1.807) is 11.3 Å². The van der Waals surface area contributed by atoms with E-state index in [-0.39, 0.29) is 0 Å². The molecule has 0 aliphatic heterocycles. The van der Waals surface area contributed by atoms with Gasteiger partial charge in [-0.05, 0) is 42.9 Å². The van der Waals surface area contributed by atoms with E-state index in [2.05, 4.69) is 25.8 Å². The number of anilines is 1. The van der Waals surface area contributed by atoms with Gasteiger partial charge in [0.15, 0.2) is 5.13 Å². The lowest BCUT2D eigenvalue weighted by Gasteiger charge is -2.26. The molecule has 0 saturated heterocycles. The molecule has 1 aromatic rings. The van der Waals surface area contributed by atoms with Crippen LogP contribution in [0.3, 0.4) is 0 Å². The van der Waals surface area contributed by atoms with Gasteiger partial charge in [-0.2, -0.15) is 0 Å². The molecule has 3 rings (SSSR count). The fraction of sp³-hybridized carbons (Fsp3) is 0.812. The molecular weight excluding hydrogens is 266 g/mol. The third kappa shape index (κ3) is 2.60. The summed E-state index contributed by atoms with van der Waals surface area (Å²) in [6.45, 7) is 6.20. The zero-order chi connectivity index (χ0) is 14.3. The van der Waals surface area contributed by atoms with Crippen molar-refractivity contribution in [1.82, 2.24) is 4.98 Å². The molecule has 2 aliphatic carbocycles. The van der Waals surface area contributed by atoms with Crippen LogP contribution in [-0.2, 0) is 6.54 Å². The second kappa shape index (κ2) is 5.64. The molecule has 0 radical (unpaired) electrons. The minimum absolute atomic E-state index is 0.467. The molecule has 2 saturated carbocycles. The van der Waals surface area contributed by atoms with Crippen LogP contribution >= 0.6 is 11.3 Å². The van der Waals surface area contributed by atoms with E-state index in [0.29, 0.717) is 12.5 Å². The van der Waals surface area contributed by atoms with Crippen molar-refractivity contribution >= 4 is 16.5 Å². The maximum atomic E-state index is 5.87. The highest BCUT2D eigenvalue weighted by atomic mass is 32.1. The molecule has 2 fully saturated rings. The van der Waals surface area contributed by atoms with Gasteiger partial charge in [0.05, 0.1) is 5.69 Å². The van der Waals surface area contributed by atoms with Crippen molar-refractivity contribution in [1.29, 1.82) is 0 Å². The highest BCUT2D eigenvalue weighted by Gasteiger charge is 2.39. The van der Waals surface area contributed by atoms with Crippen LogP contribution in [0.15, 0.2) is 0 Å². The maximum absolute atomic E-state index is 5.87. The SMILES string of the molecule is CC(C)c1nc(N(C)CC2CC3CCC2C3)sc1CN. The number of fused-ring (bicyclic) bond motifs is 2. The van der Waals surface area contributed by atoms with Gasteiger partial charge in [0.1, 0.15) is 0 Å². The summed E-state index contributed by atoms with van der Waals surface area (Å²) in [5, 5.41) is 1.16. The van der Waals surface area contributed by atoms with E-state index < -0.39 is 0 Å². The van der Waals surface area contributed by atoms with Crippen LogP contribution in [0.5, 0.6) is 0 Å². The number of nitrogens with zero attached hydrogens (tertiary/aromatic N) is 2. The molecule has 0 aromatic carbocycles. The molecule has 1 aromatic heterocycles. The Kier molecular flexibility index (Phi) is 4.04. The Hall–Kier alpha value is -0.610. The lowest BCUT2D eigenvalue weighted by Crippen LogP contribution is -2.28. The molecule has 20 heavy (non-hydrogen) atoms. The standard InChI is InChI=1S/C16H27N3S/c1-10(2)15-14(8-17)20-16(18-15)19(3)9-13-7-11-4-5-12(13)6-11/h10-13H,4-9,17H2,1-3H3. The summed E-state index contributed by atoms with van der Waals surface area (Å²) in [5.74, 6) is 3.38. The van der Waals surface area contributed by atoms with E-state index in [4.69, 9.17) is 10.7 Å². The Morgan fingerprint density at radius 2 is 2.15 bits per heavy atom. The predicted octanol–water partition coefficient (Wildman–Crippen LogP) is 3.60. The second-order valence-electron chi connectivity index (χ2n) is 6.98. The normalized spacial score (nSPS) is 28.6. The molecule has 4 heteroatoms. The van der Waals surface area contributed by atoms with Crippen molar-refractivity contribution in [2.45, 2.75) is 52.0 Å². The van der Waals surface area contributed by atoms with Gasteiger partial charge in [-0.25, -0.2) is 4.98 Å². The Labute approximate surface area is 126 Å². The Balaban J connectivity index is 1.69. The highest BCUT2D eigenvalue weighted by molar-refractivity contribution is 7.15. The molecule has 0 spiro atoms. The van der Waals surface area contributed by atoms with Crippen LogP contribution in [-0.4, -0.2) is 18.6 Å². The summed E-state index contributed by atoms with van der Waals surface area (Å²) in [4.78, 5) is 8.48. The van der Waals surface area contributed by atoms with Crippen LogP contribution in [0, 0.1) is 17.8 Å². The van der Waals surface area contributed by atoms with Crippen molar-refractivity contribution < 1.29 is 0 Å². The van der Waals surface area contributed by atoms with Gasteiger partial charge in [-0.1, -0.05) is 20.3 Å². The minimum Gasteiger partial charge on any atom is -0.351 e. The summed E-state index contributed by atoms with van der Waals surface area (Å²) in [7, 11) is 2.20. The fourth-order valence-corrected chi connectivity index (χ4v) is 5.21. The molecule has 3 unspecified atom stereocenters. The molecule has 2 bridgehead atoms. The van der Waals surface area contributed by atoms with Crippen LogP contribution in [0.2, 0.25) is 0 Å². The molecule has 2 aliphatic rings. The first kappa shape index (κ1) is 14.3. The summed E-state index contributed by atoms with van der Waals surface area (Å²) in [5.41, 5.74) is 7.07. The highest BCUT2D eigenvalue weighted by Crippen LogP contribution is 2.48. The van der Waals surface area contributed by atoms with Crippen molar-refractivity contribution in [2.24, 2.45) is 23.5 Å². The number of rotatable bonds is 5. The van der Waals surface area contributed by atoms with Crippen molar-refractivity contribution in [3.8, 4) is 0 Å². The quantitative estimate of drug-likeness (QED) is 0.902. The summed E-state index contributed by atoms with van der Waals surface area (Å²) in [6, 6.07) is 0. The maximum Gasteiger partial charge on any atom is 0.185 e. The average molecular weight is 293 g/mol. The first-order valence-corrected chi connectivity index (χ1v) is 8.81. The lowest BCUT2D eigenvalue weighted by molar-refractivity contribution is 0.337. The van der Waals surface area contributed by atoms with E-state index in [1.807, 2.05) is 0 Å². The van der Waals surface area contributed by atoms with Crippen LogP contribution < -0.4 is 10.6 Å². The van der Waals surface area contributed by atoms with Gasteiger partial charge < -0.3 is 10.6 Å². The molecule has 3 atom stereocenters. The van der Waals surface area contributed by atoms with Crippen molar-refractivity contribution in [3.63, 3.8) is 0 Å². The molecule has 3 nitrogen and oxygen atoms in total. The summed E-state index contributed by atoms with van der Waals surface area (Å²) < 4.78 is 0. The van der Waals surface area contributed by atoms with Gasteiger partial charge in [-0.3, -0.25) is 0 Å². The van der Waals surface area contributed by atoms with E-state index in [0.717, 1.165) is 22.9 Å². The van der Waals surface area contributed by atoms with Gasteiger partial charge in [0.2, 0.25) is 0 Å².